The first-order valence-electron chi connectivity index (χ1n) is 4.94. The van der Waals surface area contributed by atoms with Gasteiger partial charge in [-0.15, -0.1) is 0 Å². The number of benzene rings is 2. The van der Waals surface area contributed by atoms with Gasteiger partial charge in [0.15, 0.2) is 5.78 Å². The quantitative estimate of drug-likeness (QED) is 0.663. The highest BCUT2D eigenvalue weighted by molar-refractivity contribution is 6.39. The molecule has 17 heavy (non-hydrogen) atoms. The molecular formula is C13H9Cl2NO. The first kappa shape index (κ1) is 12.0. The zero-order valence-corrected chi connectivity index (χ0v) is 10.3. The first-order valence-corrected chi connectivity index (χ1v) is 5.69. The van der Waals surface area contributed by atoms with Gasteiger partial charge < -0.3 is 5.73 Å². The fourth-order valence-corrected chi connectivity index (χ4v) is 1.96. The molecule has 2 aromatic carbocycles. The SMILES string of the molecule is Nc1c(Cl)cc(C(=O)c2ccccc2)cc1Cl. The Kier molecular flexibility index (Phi) is 3.36. The van der Waals surface area contributed by atoms with Crippen LogP contribution in [0.3, 0.4) is 0 Å². The molecule has 0 saturated heterocycles. The molecular weight excluding hydrogens is 257 g/mol. The van der Waals surface area contributed by atoms with Crippen molar-refractivity contribution in [1.29, 1.82) is 0 Å². The van der Waals surface area contributed by atoms with E-state index in [9.17, 15) is 4.79 Å². The molecule has 0 aromatic heterocycles. The van der Waals surface area contributed by atoms with Crippen LogP contribution < -0.4 is 5.73 Å². The fraction of sp³-hybridized carbons (Fsp3) is 0. The van der Waals surface area contributed by atoms with E-state index >= 15 is 0 Å². The van der Waals surface area contributed by atoms with Crippen LogP contribution in [-0.2, 0) is 0 Å². The topological polar surface area (TPSA) is 43.1 Å². The zero-order chi connectivity index (χ0) is 12.4. The summed E-state index contributed by atoms with van der Waals surface area (Å²) >= 11 is 11.8. The highest BCUT2D eigenvalue weighted by atomic mass is 35.5. The highest BCUT2D eigenvalue weighted by Crippen LogP contribution is 2.29. The molecule has 2 nitrogen and oxygen atoms in total. The second-order valence-corrected chi connectivity index (χ2v) is 4.36. The van der Waals surface area contributed by atoms with Crippen LogP contribution in [0.25, 0.3) is 0 Å². The molecule has 4 heteroatoms. The summed E-state index contributed by atoms with van der Waals surface area (Å²) in [7, 11) is 0. The number of anilines is 1. The van der Waals surface area contributed by atoms with Crippen molar-refractivity contribution in [1.82, 2.24) is 0 Å². The summed E-state index contributed by atoms with van der Waals surface area (Å²) in [5, 5.41) is 0.577. The number of nitrogens with two attached hydrogens (primary N) is 1. The second-order valence-electron chi connectivity index (χ2n) is 3.55. The number of hydrogen-bond donors (Lipinski definition) is 1. The fourth-order valence-electron chi connectivity index (χ4n) is 1.47. The van der Waals surface area contributed by atoms with E-state index in [0.29, 0.717) is 11.1 Å². The largest absolute Gasteiger partial charge is 0.396 e. The van der Waals surface area contributed by atoms with Gasteiger partial charge in [0, 0.05) is 11.1 Å². The lowest BCUT2D eigenvalue weighted by molar-refractivity contribution is 0.103. The van der Waals surface area contributed by atoms with Crippen molar-refractivity contribution in [3.63, 3.8) is 0 Å². The minimum absolute atomic E-state index is 0.130. The highest BCUT2D eigenvalue weighted by Gasteiger charge is 2.12. The molecule has 0 aliphatic rings. The number of hydrogen-bond acceptors (Lipinski definition) is 2. The second kappa shape index (κ2) is 4.78. The number of ketones is 1. The van der Waals surface area contributed by atoms with E-state index in [1.54, 1.807) is 24.3 Å². The average molecular weight is 266 g/mol. The number of carbonyl (C=O) groups excluding carboxylic acids is 1. The summed E-state index contributed by atoms with van der Waals surface area (Å²) in [6.45, 7) is 0. The van der Waals surface area contributed by atoms with E-state index in [4.69, 9.17) is 28.9 Å². The van der Waals surface area contributed by atoms with Crippen molar-refractivity contribution in [3.05, 3.63) is 63.6 Å². The molecule has 0 amide bonds. The van der Waals surface area contributed by atoms with Gasteiger partial charge in [-0.3, -0.25) is 4.79 Å². The third-order valence-electron chi connectivity index (χ3n) is 2.38. The van der Waals surface area contributed by atoms with Gasteiger partial charge in [0.1, 0.15) is 0 Å². The minimum atomic E-state index is -0.130. The van der Waals surface area contributed by atoms with E-state index in [0.717, 1.165) is 0 Å². The molecule has 0 unspecified atom stereocenters. The Morgan fingerprint density at radius 2 is 1.47 bits per heavy atom. The molecule has 0 bridgehead atoms. The predicted molar refractivity (Wildman–Crippen MR) is 70.7 cm³/mol. The van der Waals surface area contributed by atoms with Crippen molar-refractivity contribution in [3.8, 4) is 0 Å². The van der Waals surface area contributed by atoms with Gasteiger partial charge >= 0.3 is 0 Å². The van der Waals surface area contributed by atoms with Crippen LogP contribution in [0, 0.1) is 0 Å². The smallest absolute Gasteiger partial charge is 0.193 e. The molecule has 0 fully saturated rings. The van der Waals surface area contributed by atoms with Crippen LogP contribution in [0.2, 0.25) is 10.0 Å². The Morgan fingerprint density at radius 3 is 2.00 bits per heavy atom. The van der Waals surface area contributed by atoms with Crippen molar-refractivity contribution < 1.29 is 4.79 Å². The van der Waals surface area contributed by atoms with Crippen molar-refractivity contribution in [2.45, 2.75) is 0 Å². The van der Waals surface area contributed by atoms with E-state index in [2.05, 4.69) is 0 Å². The lowest BCUT2D eigenvalue weighted by atomic mass is 10.0. The van der Waals surface area contributed by atoms with Crippen molar-refractivity contribution in [2.24, 2.45) is 0 Å². The summed E-state index contributed by atoms with van der Waals surface area (Å²) in [6, 6.07) is 12.0. The predicted octanol–water partition coefficient (Wildman–Crippen LogP) is 3.81. The molecule has 2 N–H and O–H groups in total. The Hall–Kier alpha value is -1.51. The average Bonchev–Trinajstić information content (AvgIpc) is 2.35. The summed E-state index contributed by atoms with van der Waals surface area (Å²) in [4.78, 5) is 12.1. The van der Waals surface area contributed by atoms with Gasteiger partial charge in [-0.05, 0) is 12.1 Å². The van der Waals surface area contributed by atoms with Crippen LogP contribution in [-0.4, -0.2) is 5.78 Å². The van der Waals surface area contributed by atoms with Crippen LogP contribution in [0.1, 0.15) is 15.9 Å². The van der Waals surface area contributed by atoms with Gasteiger partial charge in [0.25, 0.3) is 0 Å². The summed E-state index contributed by atoms with van der Waals surface area (Å²) in [5.41, 5.74) is 6.92. The monoisotopic (exact) mass is 265 g/mol. The van der Waals surface area contributed by atoms with E-state index in [-0.39, 0.29) is 21.5 Å². The molecule has 0 aliphatic heterocycles. The zero-order valence-electron chi connectivity index (χ0n) is 8.78. The van der Waals surface area contributed by atoms with Crippen molar-refractivity contribution >= 4 is 34.7 Å². The van der Waals surface area contributed by atoms with Crippen LogP contribution >= 0.6 is 23.2 Å². The lowest BCUT2D eigenvalue weighted by Gasteiger charge is -2.05. The number of halogens is 2. The molecule has 0 saturated carbocycles. The first-order chi connectivity index (χ1) is 8.09. The molecule has 0 heterocycles. The summed E-state index contributed by atoms with van der Waals surface area (Å²) < 4.78 is 0. The van der Waals surface area contributed by atoms with Crippen LogP contribution in [0.15, 0.2) is 42.5 Å². The molecule has 0 radical (unpaired) electrons. The number of nitrogen functional groups attached to an aromatic ring is 1. The number of carbonyl (C=O) groups is 1. The van der Waals surface area contributed by atoms with Crippen LogP contribution in [0.4, 0.5) is 5.69 Å². The third kappa shape index (κ3) is 2.43. The molecule has 2 rings (SSSR count). The Labute approximate surface area is 109 Å². The van der Waals surface area contributed by atoms with Gasteiger partial charge in [0.05, 0.1) is 15.7 Å². The van der Waals surface area contributed by atoms with Gasteiger partial charge in [0.2, 0.25) is 0 Å². The molecule has 0 spiro atoms. The lowest BCUT2D eigenvalue weighted by Crippen LogP contribution is -2.02. The van der Waals surface area contributed by atoms with Gasteiger partial charge in [-0.2, -0.15) is 0 Å². The molecule has 2 aromatic rings. The van der Waals surface area contributed by atoms with E-state index in [1.165, 1.54) is 12.1 Å². The third-order valence-corrected chi connectivity index (χ3v) is 3.00. The molecule has 0 aliphatic carbocycles. The maximum Gasteiger partial charge on any atom is 0.193 e. The van der Waals surface area contributed by atoms with E-state index < -0.39 is 0 Å². The van der Waals surface area contributed by atoms with Gasteiger partial charge in [-0.1, -0.05) is 53.5 Å². The normalized spacial score (nSPS) is 10.2. The molecule has 0 atom stereocenters. The summed E-state index contributed by atoms with van der Waals surface area (Å²) in [6.07, 6.45) is 0. The Morgan fingerprint density at radius 1 is 0.941 bits per heavy atom. The van der Waals surface area contributed by atoms with E-state index in [1.807, 2.05) is 6.07 Å². The maximum atomic E-state index is 12.1. The maximum absolute atomic E-state index is 12.1. The molecule has 86 valence electrons. The number of rotatable bonds is 2. The standard InChI is InChI=1S/C13H9Cl2NO/c14-10-6-9(7-11(15)12(10)16)13(17)8-4-2-1-3-5-8/h1-7H,16H2. The Balaban J connectivity index is 2.45. The Bertz CT molecular complexity index is 544. The minimum Gasteiger partial charge on any atom is -0.396 e. The van der Waals surface area contributed by atoms with Crippen molar-refractivity contribution in [2.75, 3.05) is 5.73 Å². The van der Waals surface area contributed by atoms with Gasteiger partial charge in [-0.25, -0.2) is 0 Å². The van der Waals surface area contributed by atoms with Crippen LogP contribution in [0.5, 0.6) is 0 Å². The summed E-state index contributed by atoms with van der Waals surface area (Å²) in [5.74, 6) is -0.130.